The number of phenols is 1. The lowest BCUT2D eigenvalue weighted by atomic mass is 10.1. The number of phenolic OH excluding ortho intramolecular Hbond substituents is 1. The Morgan fingerprint density at radius 2 is 1.55 bits per heavy atom. The molecule has 3 rings (SSSR count). The van der Waals surface area contributed by atoms with Crippen LogP contribution in [0.3, 0.4) is 0 Å². The highest BCUT2D eigenvalue weighted by Crippen LogP contribution is 2.24. The minimum Gasteiger partial charge on any atom is -0.508 e. The Morgan fingerprint density at radius 1 is 0.850 bits per heavy atom. The topological polar surface area (TPSA) is 20.2 Å². The summed E-state index contributed by atoms with van der Waals surface area (Å²) in [4.78, 5) is 1.29. The fourth-order valence-corrected chi connectivity index (χ4v) is 3.90. The molecule has 0 aliphatic carbocycles. The molecular formula is C18H17OS+. The molecule has 0 aromatic heterocycles. The summed E-state index contributed by atoms with van der Waals surface area (Å²) >= 11 is 0. The van der Waals surface area contributed by atoms with Gasteiger partial charge in [0.25, 0.3) is 0 Å². The second kappa shape index (κ2) is 5.59. The van der Waals surface area contributed by atoms with Crippen LogP contribution in [0.1, 0.15) is 5.56 Å². The van der Waals surface area contributed by atoms with Crippen LogP contribution in [0.5, 0.6) is 5.75 Å². The van der Waals surface area contributed by atoms with Crippen molar-refractivity contribution in [3.63, 3.8) is 0 Å². The fraction of sp³-hybridized carbons (Fsp3) is 0.111. The highest BCUT2D eigenvalue weighted by molar-refractivity contribution is 7.95. The second-order valence-electron chi connectivity index (χ2n) is 4.91. The smallest absolute Gasteiger partial charge is 0.155 e. The zero-order chi connectivity index (χ0) is 13.9. The molecule has 3 aromatic carbocycles. The molecule has 0 radical (unpaired) electrons. The highest BCUT2D eigenvalue weighted by atomic mass is 32.2. The minimum atomic E-state index is 0.140. The van der Waals surface area contributed by atoms with E-state index in [1.165, 1.54) is 21.2 Å². The Labute approximate surface area is 122 Å². The summed E-state index contributed by atoms with van der Waals surface area (Å²) in [5.74, 6) is 1.36. The van der Waals surface area contributed by atoms with Gasteiger partial charge in [-0.25, -0.2) is 0 Å². The number of rotatable bonds is 3. The molecule has 0 aliphatic heterocycles. The Kier molecular flexibility index (Phi) is 3.66. The standard InChI is InChI=1S/C18H16OS/c1-20(17-11-9-16(19)10-12-17)13-15-7-4-6-14-5-2-3-8-18(14)15/h2-12H,13H2,1H3/p+1. The molecule has 3 aromatic rings. The summed E-state index contributed by atoms with van der Waals surface area (Å²) in [6.45, 7) is 0. The maximum absolute atomic E-state index is 9.37. The van der Waals surface area contributed by atoms with Crippen molar-refractivity contribution in [1.29, 1.82) is 0 Å². The third kappa shape index (κ3) is 2.66. The molecule has 1 N–H and O–H groups in total. The summed E-state index contributed by atoms with van der Waals surface area (Å²) in [6, 6.07) is 22.6. The maximum atomic E-state index is 9.37. The molecule has 0 saturated heterocycles. The molecule has 0 heterocycles. The van der Waals surface area contributed by atoms with Crippen molar-refractivity contribution in [2.45, 2.75) is 10.6 Å². The molecule has 0 bridgehead atoms. The van der Waals surface area contributed by atoms with E-state index < -0.39 is 0 Å². The summed E-state index contributed by atoms with van der Waals surface area (Å²) in [6.07, 6.45) is 2.26. The first-order valence-corrected chi connectivity index (χ1v) is 8.42. The number of hydrogen-bond acceptors (Lipinski definition) is 1. The zero-order valence-electron chi connectivity index (χ0n) is 11.4. The van der Waals surface area contributed by atoms with E-state index in [0.29, 0.717) is 5.75 Å². The third-order valence-electron chi connectivity index (χ3n) is 3.49. The second-order valence-corrected chi connectivity index (χ2v) is 6.95. The SMILES string of the molecule is C[S+](Cc1cccc2ccccc12)c1ccc(O)cc1. The molecule has 2 heteroatoms. The molecule has 20 heavy (non-hydrogen) atoms. The average Bonchev–Trinajstić information content (AvgIpc) is 2.48. The monoisotopic (exact) mass is 281 g/mol. The third-order valence-corrected chi connectivity index (χ3v) is 5.31. The van der Waals surface area contributed by atoms with Gasteiger partial charge < -0.3 is 5.11 Å². The van der Waals surface area contributed by atoms with E-state index in [2.05, 4.69) is 48.7 Å². The normalized spacial score (nSPS) is 12.4. The molecule has 1 unspecified atom stereocenters. The van der Waals surface area contributed by atoms with Crippen molar-refractivity contribution in [3.05, 3.63) is 72.3 Å². The molecule has 0 aliphatic rings. The van der Waals surface area contributed by atoms with Crippen LogP contribution in [0.2, 0.25) is 0 Å². The van der Waals surface area contributed by atoms with Gasteiger partial charge in [-0.05, 0) is 35.0 Å². The molecule has 100 valence electrons. The van der Waals surface area contributed by atoms with Crippen molar-refractivity contribution in [2.24, 2.45) is 0 Å². The maximum Gasteiger partial charge on any atom is 0.155 e. The lowest BCUT2D eigenvalue weighted by Crippen LogP contribution is -2.04. The largest absolute Gasteiger partial charge is 0.508 e. The fourth-order valence-electron chi connectivity index (χ4n) is 2.41. The molecule has 0 saturated carbocycles. The summed E-state index contributed by atoms with van der Waals surface area (Å²) in [5.41, 5.74) is 1.39. The van der Waals surface area contributed by atoms with E-state index >= 15 is 0 Å². The quantitative estimate of drug-likeness (QED) is 0.708. The summed E-state index contributed by atoms with van der Waals surface area (Å²) in [5, 5.41) is 12.0. The Balaban J connectivity index is 1.91. The van der Waals surface area contributed by atoms with E-state index in [0.717, 1.165) is 5.75 Å². The van der Waals surface area contributed by atoms with E-state index in [-0.39, 0.29) is 10.9 Å². The Morgan fingerprint density at radius 3 is 2.35 bits per heavy atom. The van der Waals surface area contributed by atoms with Gasteiger partial charge in [-0.1, -0.05) is 42.5 Å². The van der Waals surface area contributed by atoms with Crippen molar-refractivity contribution < 1.29 is 5.11 Å². The number of fused-ring (bicyclic) bond motifs is 1. The molecule has 1 nitrogen and oxygen atoms in total. The molecule has 1 atom stereocenters. The minimum absolute atomic E-state index is 0.140. The van der Waals surface area contributed by atoms with Crippen LogP contribution in [0, 0.1) is 0 Å². The lowest BCUT2D eigenvalue weighted by molar-refractivity contribution is 0.475. The van der Waals surface area contributed by atoms with Crippen LogP contribution in [-0.2, 0) is 16.6 Å². The molecule has 0 fully saturated rings. The first-order chi connectivity index (χ1) is 9.74. The van der Waals surface area contributed by atoms with Crippen LogP contribution in [-0.4, -0.2) is 11.4 Å². The van der Waals surface area contributed by atoms with Crippen LogP contribution in [0.15, 0.2) is 71.6 Å². The van der Waals surface area contributed by atoms with E-state index in [4.69, 9.17) is 0 Å². The first kappa shape index (κ1) is 13.1. The van der Waals surface area contributed by atoms with E-state index in [1.54, 1.807) is 12.1 Å². The van der Waals surface area contributed by atoms with Crippen LogP contribution < -0.4 is 0 Å². The number of aromatic hydroxyl groups is 1. The predicted octanol–water partition coefficient (Wildman–Crippen LogP) is 4.35. The summed E-state index contributed by atoms with van der Waals surface area (Å²) < 4.78 is 0. The van der Waals surface area contributed by atoms with Gasteiger partial charge in [0, 0.05) is 16.5 Å². The van der Waals surface area contributed by atoms with Gasteiger partial charge in [0.15, 0.2) is 4.90 Å². The summed E-state index contributed by atoms with van der Waals surface area (Å²) in [7, 11) is 0.140. The van der Waals surface area contributed by atoms with E-state index in [1.807, 2.05) is 12.1 Å². The van der Waals surface area contributed by atoms with Gasteiger partial charge in [-0.3, -0.25) is 0 Å². The van der Waals surface area contributed by atoms with Gasteiger partial charge in [0.1, 0.15) is 17.8 Å². The first-order valence-electron chi connectivity index (χ1n) is 6.62. The van der Waals surface area contributed by atoms with Crippen molar-refractivity contribution in [2.75, 3.05) is 6.26 Å². The number of benzene rings is 3. The van der Waals surface area contributed by atoms with Gasteiger partial charge in [-0.15, -0.1) is 0 Å². The van der Waals surface area contributed by atoms with Crippen molar-refractivity contribution in [3.8, 4) is 5.75 Å². The lowest BCUT2D eigenvalue weighted by Gasteiger charge is -2.07. The molecular weight excluding hydrogens is 264 g/mol. The van der Waals surface area contributed by atoms with Gasteiger partial charge in [0.2, 0.25) is 0 Å². The zero-order valence-corrected chi connectivity index (χ0v) is 12.2. The Bertz CT molecular complexity index is 714. The van der Waals surface area contributed by atoms with Crippen molar-refractivity contribution >= 4 is 21.7 Å². The van der Waals surface area contributed by atoms with Crippen LogP contribution in [0.4, 0.5) is 0 Å². The van der Waals surface area contributed by atoms with Crippen LogP contribution in [0.25, 0.3) is 10.8 Å². The molecule has 0 amide bonds. The van der Waals surface area contributed by atoms with Gasteiger partial charge in [0.05, 0.1) is 0 Å². The number of hydrogen-bond donors (Lipinski definition) is 1. The van der Waals surface area contributed by atoms with Crippen LogP contribution >= 0.6 is 0 Å². The van der Waals surface area contributed by atoms with Gasteiger partial charge >= 0.3 is 0 Å². The predicted molar refractivity (Wildman–Crippen MR) is 87.3 cm³/mol. The van der Waals surface area contributed by atoms with Crippen molar-refractivity contribution in [1.82, 2.24) is 0 Å². The molecule has 0 spiro atoms. The Hall–Kier alpha value is -1.93. The van der Waals surface area contributed by atoms with E-state index in [9.17, 15) is 5.11 Å². The average molecular weight is 281 g/mol. The highest BCUT2D eigenvalue weighted by Gasteiger charge is 2.17. The van der Waals surface area contributed by atoms with Gasteiger partial charge in [-0.2, -0.15) is 0 Å².